The first-order chi connectivity index (χ1) is 17.2. The van der Waals surface area contributed by atoms with E-state index in [-0.39, 0.29) is 5.56 Å². The van der Waals surface area contributed by atoms with Crippen LogP contribution in [0.25, 0.3) is 22.4 Å². The van der Waals surface area contributed by atoms with Crippen molar-refractivity contribution in [3.8, 4) is 23.0 Å². The lowest BCUT2D eigenvalue weighted by Gasteiger charge is -2.14. The number of ether oxygens (including phenoxy) is 2. The van der Waals surface area contributed by atoms with E-state index in [1.807, 2.05) is 66.7 Å². The zero-order valence-corrected chi connectivity index (χ0v) is 20.0. The molecule has 0 N–H and O–H groups in total. The third-order valence-electron chi connectivity index (χ3n) is 5.43. The Morgan fingerprint density at radius 2 is 1.69 bits per heavy atom. The van der Waals surface area contributed by atoms with E-state index in [4.69, 9.17) is 18.9 Å². The van der Waals surface area contributed by atoms with Gasteiger partial charge in [0.05, 0.1) is 37.4 Å². The molecule has 0 fully saturated rings. The molecule has 0 unspecified atom stereocenters. The lowest BCUT2D eigenvalue weighted by atomic mass is 10.2. The predicted octanol–water partition coefficient (Wildman–Crippen LogP) is 4.80. The lowest BCUT2D eigenvalue weighted by molar-refractivity contribution is 0.354. The van der Waals surface area contributed by atoms with Crippen molar-refractivity contribution in [3.63, 3.8) is 0 Å². The molecule has 0 amide bonds. The van der Waals surface area contributed by atoms with Gasteiger partial charge in [-0.3, -0.25) is 9.36 Å². The number of hydrogen-bond acceptors (Lipinski definition) is 8. The Bertz CT molecular complexity index is 1530. The molecule has 3 aromatic carbocycles. The molecule has 9 heteroatoms. The van der Waals surface area contributed by atoms with Crippen molar-refractivity contribution in [2.45, 2.75) is 17.5 Å². The van der Waals surface area contributed by atoms with Crippen molar-refractivity contribution in [2.75, 3.05) is 14.2 Å². The number of thioether (sulfide) groups is 1. The maximum absolute atomic E-state index is 13.4. The molecule has 0 saturated carbocycles. The monoisotopic (exact) mass is 486 g/mol. The fourth-order valence-corrected chi connectivity index (χ4v) is 4.53. The second-order valence-corrected chi connectivity index (χ2v) is 8.59. The Labute approximate surface area is 205 Å². The highest BCUT2D eigenvalue weighted by Crippen LogP contribution is 2.29. The van der Waals surface area contributed by atoms with Gasteiger partial charge in [0.25, 0.3) is 5.56 Å². The molecule has 176 valence electrons. The molecule has 0 bridgehead atoms. The van der Waals surface area contributed by atoms with E-state index >= 15 is 0 Å². The SMILES string of the molecule is COc1ccc(Cn2c(SCc3nnc(-c4ccccc4)o3)nc3ccccc3c2=O)cc1OC. The second kappa shape index (κ2) is 10.0. The first-order valence-electron chi connectivity index (χ1n) is 10.9. The summed E-state index contributed by atoms with van der Waals surface area (Å²) < 4.78 is 18.3. The van der Waals surface area contributed by atoms with Crippen LogP contribution < -0.4 is 15.0 Å². The van der Waals surface area contributed by atoms with Crippen molar-refractivity contribution in [1.82, 2.24) is 19.7 Å². The van der Waals surface area contributed by atoms with Crippen LogP contribution in [0.1, 0.15) is 11.5 Å². The third-order valence-corrected chi connectivity index (χ3v) is 6.39. The minimum atomic E-state index is -0.122. The van der Waals surface area contributed by atoms with Gasteiger partial charge in [0, 0.05) is 5.56 Å². The molecule has 0 aliphatic carbocycles. The molecule has 0 saturated heterocycles. The van der Waals surface area contributed by atoms with Gasteiger partial charge in [0.1, 0.15) is 0 Å². The summed E-state index contributed by atoms with van der Waals surface area (Å²) in [5, 5.41) is 9.43. The molecular weight excluding hydrogens is 464 g/mol. The first-order valence-corrected chi connectivity index (χ1v) is 11.9. The molecular formula is C26H22N4O4S. The summed E-state index contributed by atoms with van der Waals surface area (Å²) in [6, 6.07) is 22.5. The fourth-order valence-electron chi connectivity index (χ4n) is 3.69. The van der Waals surface area contributed by atoms with Crippen molar-refractivity contribution < 1.29 is 13.9 Å². The average molecular weight is 487 g/mol. The molecule has 0 spiro atoms. The normalized spacial score (nSPS) is 11.0. The topological polar surface area (TPSA) is 92.3 Å². The fraction of sp³-hybridized carbons (Fsp3) is 0.154. The van der Waals surface area contributed by atoms with Gasteiger partial charge in [0.2, 0.25) is 11.8 Å². The zero-order valence-electron chi connectivity index (χ0n) is 19.2. The Hall–Kier alpha value is -4.11. The molecule has 0 atom stereocenters. The highest BCUT2D eigenvalue weighted by atomic mass is 32.2. The molecule has 5 rings (SSSR count). The summed E-state index contributed by atoms with van der Waals surface area (Å²) in [7, 11) is 3.17. The smallest absolute Gasteiger partial charge is 0.262 e. The molecule has 8 nitrogen and oxygen atoms in total. The standard InChI is InChI=1S/C26H22N4O4S/c1-32-21-13-12-17(14-22(21)33-2)15-30-25(31)19-10-6-7-11-20(19)27-26(30)35-16-23-28-29-24(34-23)18-8-4-3-5-9-18/h3-14H,15-16H2,1-2H3. The second-order valence-electron chi connectivity index (χ2n) is 7.65. The van der Waals surface area contributed by atoms with E-state index in [2.05, 4.69) is 10.2 Å². The minimum absolute atomic E-state index is 0.122. The molecule has 2 aromatic heterocycles. The van der Waals surface area contributed by atoms with Crippen LogP contribution in [0.4, 0.5) is 0 Å². The highest BCUT2D eigenvalue weighted by Gasteiger charge is 2.16. The number of hydrogen-bond donors (Lipinski definition) is 0. The summed E-state index contributed by atoms with van der Waals surface area (Å²) in [6.07, 6.45) is 0. The largest absolute Gasteiger partial charge is 0.493 e. The summed E-state index contributed by atoms with van der Waals surface area (Å²) in [5.74, 6) is 2.50. The number of aromatic nitrogens is 4. The van der Waals surface area contributed by atoms with E-state index in [0.29, 0.717) is 51.6 Å². The number of rotatable bonds is 8. The zero-order chi connectivity index (χ0) is 24.2. The summed E-state index contributed by atoms with van der Waals surface area (Å²) in [5.41, 5.74) is 2.25. The van der Waals surface area contributed by atoms with Crippen molar-refractivity contribution in [1.29, 1.82) is 0 Å². The van der Waals surface area contributed by atoms with Gasteiger partial charge in [-0.1, -0.05) is 48.2 Å². The number of methoxy groups -OCH3 is 2. The molecule has 5 aromatic rings. The summed E-state index contributed by atoms with van der Waals surface area (Å²) >= 11 is 1.37. The van der Waals surface area contributed by atoms with Crippen LogP contribution in [0.15, 0.2) is 87.2 Å². The van der Waals surface area contributed by atoms with Gasteiger partial charge in [-0.25, -0.2) is 4.98 Å². The lowest BCUT2D eigenvalue weighted by Crippen LogP contribution is -2.24. The summed E-state index contributed by atoms with van der Waals surface area (Å²) in [6.45, 7) is 0.318. The van der Waals surface area contributed by atoms with E-state index in [1.54, 1.807) is 24.9 Å². The van der Waals surface area contributed by atoms with E-state index in [0.717, 1.165) is 11.1 Å². The van der Waals surface area contributed by atoms with Crippen LogP contribution in [0, 0.1) is 0 Å². The Morgan fingerprint density at radius 1 is 0.914 bits per heavy atom. The third kappa shape index (κ3) is 4.76. The Balaban J connectivity index is 1.47. The maximum atomic E-state index is 13.4. The Morgan fingerprint density at radius 3 is 2.49 bits per heavy atom. The molecule has 0 aliphatic heterocycles. The van der Waals surface area contributed by atoms with Gasteiger partial charge in [-0.15, -0.1) is 10.2 Å². The van der Waals surface area contributed by atoms with Crippen LogP contribution in [0.5, 0.6) is 11.5 Å². The summed E-state index contributed by atoms with van der Waals surface area (Å²) in [4.78, 5) is 18.2. The number of fused-ring (bicyclic) bond motifs is 1. The molecule has 0 radical (unpaired) electrons. The molecule has 0 aliphatic rings. The predicted molar refractivity (Wildman–Crippen MR) is 134 cm³/mol. The van der Waals surface area contributed by atoms with E-state index in [9.17, 15) is 4.79 Å². The van der Waals surface area contributed by atoms with Gasteiger partial charge >= 0.3 is 0 Å². The number of nitrogens with zero attached hydrogens (tertiary/aromatic N) is 4. The number of para-hydroxylation sites is 1. The van der Waals surface area contributed by atoms with Crippen LogP contribution in [0.2, 0.25) is 0 Å². The van der Waals surface area contributed by atoms with Crippen molar-refractivity contribution in [3.05, 3.63) is 94.6 Å². The minimum Gasteiger partial charge on any atom is -0.493 e. The quantitative estimate of drug-likeness (QED) is 0.228. The molecule has 35 heavy (non-hydrogen) atoms. The van der Waals surface area contributed by atoms with E-state index in [1.165, 1.54) is 11.8 Å². The average Bonchev–Trinajstić information content (AvgIpc) is 3.39. The number of benzene rings is 3. The van der Waals surface area contributed by atoms with Crippen LogP contribution in [0.3, 0.4) is 0 Å². The van der Waals surface area contributed by atoms with Gasteiger partial charge in [0.15, 0.2) is 16.7 Å². The molecule has 2 heterocycles. The van der Waals surface area contributed by atoms with Crippen molar-refractivity contribution in [2.24, 2.45) is 0 Å². The van der Waals surface area contributed by atoms with Gasteiger partial charge in [-0.05, 0) is 42.0 Å². The van der Waals surface area contributed by atoms with E-state index < -0.39 is 0 Å². The maximum Gasteiger partial charge on any atom is 0.262 e. The first kappa shape index (κ1) is 22.7. The van der Waals surface area contributed by atoms with Crippen molar-refractivity contribution >= 4 is 22.7 Å². The van der Waals surface area contributed by atoms with Gasteiger partial charge < -0.3 is 13.9 Å². The van der Waals surface area contributed by atoms with Gasteiger partial charge in [-0.2, -0.15) is 0 Å². The van der Waals surface area contributed by atoms with Crippen LogP contribution in [-0.2, 0) is 12.3 Å². The van der Waals surface area contributed by atoms with Crippen LogP contribution >= 0.6 is 11.8 Å². The Kier molecular flexibility index (Phi) is 6.49. The highest BCUT2D eigenvalue weighted by molar-refractivity contribution is 7.98. The van der Waals surface area contributed by atoms with Crippen LogP contribution in [-0.4, -0.2) is 34.0 Å².